The van der Waals surface area contributed by atoms with E-state index >= 15 is 0 Å². The molecule has 0 saturated carbocycles. The molecule has 2 aromatic rings. The van der Waals surface area contributed by atoms with Crippen molar-refractivity contribution in [3.8, 4) is 0 Å². The van der Waals surface area contributed by atoms with E-state index in [0.717, 1.165) is 45.6 Å². The van der Waals surface area contributed by atoms with Crippen LogP contribution in [-0.4, -0.2) is 47.1 Å². The summed E-state index contributed by atoms with van der Waals surface area (Å²) < 4.78 is 7.22. The number of nitrogens with zero attached hydrogens (tertiary/aromatic N) is 3. The van der Waals surface area contributed by atoms with Gasteiger partial charge >= 0.3 is 0 Å². The Bertz CT molecular complexity index is 745. The Hall–Kier alpha value is -1.85. The Kier molecular flexibility index (Phi) is 5.04. The van der Waals surface area contributed by atoms with E-state index in [0.29, 0.717) is 0 Å². The van der Waals surface area contributed by atoms with Crippen LogP contribution in [0.5, 0.6) is 0 Å². The van der Waals surface area contributed by atoms with E-state index in [9.17, 15) is 4.79 Å². The summed E-state index contributed by atoms with van der Waals surface area (Å²) in [5.41, 5.74) is 3.97. The molecule has 2 aliphatic rings. The third kappa shape index (κ3) is 3.88. The van der Waals surface area contributed by atoms with Gasteiger partial charge in [0.1, 0.15) is 0 Å². The fourth-order valence-corrected chi connectivity index (χ4v) is 4.13. The van der Waals surface area contributed by atoms with Gasteiger partial charge in [-0.05, 0) is 44.0 Å². The van der Waals surface area contributed by atoms with Crippen molar-refractivity contribution in [2.24, 2.45) is 0 Å². The summed E-state index contributed by atoms with van der Waals surface area (Å²) in [4.78, 5) is 17.4. The van der Waals surface area contributed by atoms with E-state index in [-0.39, 0.29) is 5.56 Å². The molecular weight excluding hydrogens is 314 g/mol. The maximum atomic E-state index is 12.5. The smallest absolute Gasteiger partial charge is 0.250 e. The van der Waals surface area contributed by atoms with Crippen LogP contribution in [0.25, 0.3) is 0 Å². The lowest BCUT2D eigenvalue weighted by Crippen LogP contribution is -2.31. The summed E-state index contributed by atoms with van der Waals surface area (Å²) in [6.07, 6.45) is 8.11. The van der Waals surface area contributed by atoms with Crippen molar-refractivity contribution in [3.63, 3.8) is 0 Å². The molecule has 1 saturated heterocycles. The highest BCUT2D eigenvalue weighted by molar-refractivity contribution is 5.24. The van der Waals surface area contributed by atoms with Crippen molar-refractivity contribution in [1.29, 1.82) is 0 Å². The van der Waals surface area contributed by atoms with Crippen LogP contribution in [0.3, 0.4) is 0 Å². The van der Waals surface area contributed by atoms with E-state index in [1.807, 2.05) is 23.0 Å². The lowest BCUT2D eigenvalue weighted by Gasteiger charge is -2.20. The zero-order valence-electron chi connectivity index (χ0n) is 14.8. The van der Waals surface area contributed by atoms with Gasteiger partial charge in [0.25, 0.3) is 5.56 Å². The molecule has 2 aliphatic heterocycles. The van der Waals surface area contributed by atoms with Gasteiger partial charge in [-0.25, -0.2) is 0 Å². The minimum absolute atomic E-state index is 0.154. The molecule has 1 fully saturated rings. The molecule has 0 radical (unpaired) electrons. The van der Waals surface area contributed by atoms with Crippen molar-refractivity contribution < 1.29 is 4.42 Å². The molecule has 0 bridgehead atoms. The summed E-state index contributed by atoms with van der Waals surface area (Å²) in [6.45, 7) is 7.12. The largest absolute Gasteiger partial charge is 0.472 e. The Balaban J connectivity index is 1.47. The lowest BCUT2D eigenvalue weighted by atomic mass is 10.1. The summed E-state index contributed by atoms with van der Waals surface area (Å²) in [5, 5.41) is 0. The molecule has 0 aromatic carbocycles. The fourth-order valence-electron chi connectivity index (χ4n) is 4.13. The molecule has 4 rings (SSSR count). The van der Waals surface area contributed by atoms with Crippen LogP contribution >= 0.6 is 0 Å². The zero-order valence-corrected chi connectivity index (χ0v) is 14.8. The summed E-state index contributed by atoms with van der Waals surface area (Å²) >= 11 is 0. The molecule has 25 heavy (non-hydrogen) atoms. The van der Waals surface area contributed by atoms with Crippen LogP contribution in [0, 0.1) is 0 Å². The molecule has 5 nitrogen and oxygen atoms in total. The normalized spacial score (nSPS) is 19.0. The van der Waals surface area contributed by atoms with E-state index in [1.54, 1.807) is 12.3 Å². The third-order valence-corrected chi connectivity index (χ3v) is 5.58. The van der Waals surface area contributed by atoms with Gasteiger partial charge in [-0.3, -0.25) is 9.69 Å². The van der Waals surface area contributed by atoms with Gasteiger partial charge < -0.3 is 13.9 Å². The van der Waals surface area contributed by atoms with Crippen LogP contribution < -0.4 is 5.56 Å². The van der Waals surface area contributed by atoms with Crippen LogP contribution in [-0.2, 0) is 25.9 Å². The molecule has 0 unspecified atom stereocenters. The van der Waals surface area contributed by atoms with E-state index in [4.69, 9.17) is 4.42 Å². The van der Waals surface area contributed by atoms with Crippen molar-refractivity contribution in [1.82, 2.24) is 14.4 Å². The van der Waals surface area contributed by atoms with Crippen LogP contribution in [0.15, 0.2) is 39.9 Å². The first-order valence-electron chi connectivity index (χ1n) is 9.47. The Morgan fingerprint density at radius 2 is 1.76 bits per heavy atom. The predicted octanol–water partition coefficient (Wildman–Crippen LogP) is 2.14. The highest BCUT2D eigenvalue weighted by Gasteiger charge is 2.19. The number of fused-ring (bicyclic) bond motifs is 1. The van der Waals surface area contributed by atoms with Gasteiger partial charge in [0.15, 0.2) is 0 Å². The van der Waals surface area contributed by atoms with Crippen LogP contribution in [0.2, 0.25) is 0 Å². The van der Waals surface area contributed by atoms with Crippen molar-refractivity contribution in [2.75, 3.05) is 32.7 Å². The zero-order chi connectivity index (χ0) is 17.1. The van der Waals surface area contributed by atoms with Gasteiger partial charge in [-0.15, -0.1) is 0 Å². The molecule has 0 aliphatic carbocycles. The highest BCUT2D eigenvalue weighted by atomic mass is 16.3. The van der Waals surface area contributed by atoms with Crippen molar-refractivity contribution in [2.45, 2.75) is 38.8 Å². The Morgan fingerprint density at radius 3 is 2.56 bits per heavy atom. The Morgan fingerprint density at radius 1 is 0.920 bits per heavy atom. The van der Waals surface area contributed by atoms with Crippen molar-refractivity contribution in [3.05, 3.63) is 57.9 Å². The number of furan rings is 1. The average Bonchev–Trinajstić information content (AvgIpc) is 3.27. The number of hydrogen-bond acceptors (Lipinski definition) is 4. The SMILES string of the molecule is O=c1ccc2c(n1CCN1CCCC1)CCN(Cc1ccoc1)CC2. The predicted molar refractivity (Wildman–Crippen MR) is 97.8 cm³/mol. The second-order valence-electron chi connectivity index (χ2n) is 7.25. The maximum Gasteiger partial charge on any atom is 0.250 e. The Labute approximate surface area is 148 Å². The van der Waals surface area contributed by atoms with Crippen molar-refractivity contribution >= 4 is 0 Å². The first kappa shape index (κ1) is 16.6. The number of hydrogen-bond donors (Lipinski definition) is 0. The van der Waals surface area contributed by atoms with E-state index < -0.39 is 0 Å². The topological polar surface area (TPSA) is 41.6 Å². The highest BCUT2D eigenvalue weighted by Crippen LogP contribution is 2.17. The van der Waals surface area contributed by atoms with Crippen LogP contribution in [0.4, 0.5) is 0 Å². The molecule has 134 valence electrons. The molecule has 0 amide bonds. The van der Waals surface area contributed by atoms with Gasteiger partial charge in [-0.1, -0.05) is 6.07 Å². The van der Waals surface area contributed by atoms with Crippen LogP contribution in [0.1, 0.15) is 29.7 Å². The van der Waals surface area contributed by atoms with Gasteiger partial charge in [0.05, 0.1) is 12.5 Å². The van der Waals surface area contributed by atoms with Gasteiger partial charge in [-0.2, -0.15) is 0 Å². The molecule has 4 heterocycles. The lowest BCUT2D eigenvalue weighted by molar-refractivity contribution is 0.276. The number of pyridine rings is 1. The third-order valence-electron chi connectivity index (χ3n) is 5.58. The van der Waals surface area contributed by atoms with E-state index in [1.165, 1.54) is 42.8 Å². The first-order chi connectivity index (χ1) is 12.3. The standard InChI is InChI=1S/C20H27N3O2/c24-20-4-3-18-5-10-22(15-17-7-14-25-16-17)11-6-19(18)23(20)13-12-21-8-1-2-9-21/h3-4,7,14,16H,1-2,5-6,8-13,15H2. The molecule has 0 spiro atoms. The fraction of sp³-hybridized carbons (Fsp3) is 0.550. The molecule has 0 N–H and O–H groups in total. The van der Waals surface area contributed by atoms with E-state index in [2.05, 4.69) is 9.80 Å². The minimum Gasteiger partial charge on any atom is -0.472 e. The summed E-state index contributed by atoms with van der Waals surface area (Å²) in [7, 11) is 0. The molecule has 2 aromatic heterocycles. The quantitative estimate of drug-likeness (QED) is 0.836. The molecule has 0 atom stereocenters. The molecular formula is C20H27N3O2. The second-order valence-corrected chi connectivity index (χ2v) is 7.25. The first-order valence-corrected chi connectivity index (χ1v) is 9.47. The monoisotopic (exact) mass is 341 g/mol. The maximum absolute atomic E-state index is 12.5. The second kappa shape index (κ2) is 7.58. The summed E-state index contributed by atoms with van der Waals surface area (Å²) in [6, 6.07) is 5.84. The molecule has 5 heteroatoms. The summed E-state index contributed by atoms with van der Waals surface area (Å²) in [5.74, 6) is 0. The average molecular weight is 341 g/mol. The minimum atomic E-state index is 0.154. The number of aromatic nitrogens is 1. The number of likely N-dealkylation sites (tertiary alicyclic amines) is 1. The number of rotatable bonds is 5. The van der Waals surface area contributed by atoms with Gasteiger partial charge in [0, 0.05) is 56.5 Å². The van der Waals surface area contributed by atoms with Gasteiger partial charge in [0.2, 0.25) is 0 Å².